The Kier molecular flexibility index (Phi) is 8.19. The Morgan fingerprint density at radius 1 is 0.951 bits per heavy atom. The molecule has 41 heavy (non-hydrogen) atoms. The van der Waals surface area contributed by atoms with Crippen LogP contribution in [0.25, 0.3) is 11.1 Å². The van der Waals surface area contributed by atoms with Crippen molar-refractivity contribution in [1.82, 2.24) is 25.4 Å². The molecule has 1 aliphatic carbocycles. The van der Waals surface area contributed by atoms with E-state index in [1.54, 1.807) is 54.2 Å². The van der Waals surface area contributed by atoms with Crippen LogP contribution in [-0.2, 0) is 7.05 Å². The molecule has 9 nitrogen and oxygen atoms in total. The Morgan fingerprint density at radius 3 is 2.27 bits per heavy atom. The maximum absolute atomic E-state index is 14.1. The Bertz CT molecular complexity index is 1570. The van der Waals surface area contributed by atoms with Crippen LogP contribution < -0.4 is 15.4 Å². The second kappa shape index (κ2) is 12.1. The van der Waals surface area contributed by atoms with Crippen LogP contribution in [-0.4, -0.2) is 44.9 Å². The number of pyridine rings is 1. The summed E-state index contributed by atoms with van der Waals surface area (Å²) >= 11 is 0. The van der Waals surface area contributed by atoms with Crippen molar-refractivity contribution >= 4 is 18.1 Å². The first kappa shape index (κ1) is 27.7. The Hall–Kier alpha value is -4.86. The summed E-state index contributed by atoms with van der Waals surface area (Å²) in [5.74, 6) is -0.966. The van der Waals surface area contributed by atoms with Gasteiger partial charge in [-0.15, -0.1) is 0 Å². The number of aromatic nitrogens is 3. The molecule has 4 aromatic rings. The van der Waals surface area contributed by atoms with E-state index in [9.17, 15) is 18.8 Å². The topological polar surface area (TPSA) is 115 Å². The number of hydrogen-bond acceptors (Lipinski definition) is 6. The van der Waals surface area contributed by atoms with Crippen molar-refractivity contribution < 1.29 is 23.5 Å². The number of halogens is 1. The molecule has 1 saturated carbocycles. The summed E-state index contributed by atoms with van der Waals surface area (Å²) in [6.07, 6.45) is 4.46. The molecule has 1 fully saturated rings. The largest absolute Gasteiger partial charge is 0.438 e. The van der Waals surface area contributed by atoms with E-state index in [-0.39, 0.29) is 29.4 Å². The monoisotopic (exact) mass is 555 g/mol. The van der Waals surface area contributed by atoms with Gasteiger partial charge in [0.05, 0.1) is 6.20 Å². The predicted molar refractivity (Wildman–Crippen MR) is 150 cm³/mol. The third kappa shape index (κ3) is 6.66. The number of hydrogen-bond donors (Lipinski definition) is 2. The third-order valence-electron chi connectivity index (χ3n) is 7.21. The van der Waals surface area contributed by atoms with E-state index < -0.39 is 11.7 Å². The van der Waals surface area contributed by atoms with Crippen LogP contribution in [0.2, 0.25) is 0 Å². The lowest BCUT2D eigenvalue weighted by Crippen LogP contribution is -2.44. The minimum atomic E-state index is -0.655. The summed E-state index contributed by atoms with van der Waals surface area (Å²) < 4.78 is 21.7. The molecule has 0 atom stereocenters. The molecule has 2 amide bonds. The number of nitrogens with one attached hydrogen (secondary N) is 2. The summed E-state index contributed by atoms with van der Waals surface area (Å²) in [6.45, 7) is 1.88. The van der Waals surface area contributed by atoms with Gasteiger partial charge in [-0.05, 0) is 74.1 Å². The summed E-state index contributed by atoms with van der Waals surface area (Å²) in [5, 5.41) is 10.2. The van der Waals surface area contributed by atoms with Gasteiger partial charge in [-0.25, -0.2) is 9.37 Å². The number of carbonyl (C=O) groups excluding carboxylic acids is 3. The second-order valence-corrected chi connectivity index (χ2v) is 10.2. The molecule has 2 aromatic carbocycles. The zero-order chi connectivity index (χ0) is 28.9. The first-order valence-electron chi connectivity index (χ1n) is 13.4. The fraction of sp³-hybridized carbons (Fsp3) is 0.258. The van der Waals surface area contributed by atoms with Gasteiger partial charge in [0.25, 0.3) is 11.8 Å². The van der Waals surface area contributed by atoms with E-state index in [1.165, 1.54) is 0 Å². The van der Waals surface area contributed by atoms with Gasteiger partial charge < -0.3 is 15.4 Å². The zero-order valence-electron chi connectivity index (χ0n) is 22.8. The van der Waals surface area contributed by atoms with Crippen LogP contribution in [0.3, 0.4) is 0 Å². The molecule has 0 radical (unpaired) electrons. The number of amides is 2. The molecule has 210 valence electrons. The van der Waals surface area contributed by atoms with Gasteiger partial charge in [0.15, 0.2) is 0 Å². The van der Waals surface area contributed by atoms with E-state index in [2.05, 4.69) is 20.7 Å². The van der Waals surface area contributed by atoms with Gasteiger partial charge in [-0.3, -0.25) is 19.1 Å². The lowest BCUT2D eigenvalue weighted by atomic mass is 9.91. The number of aryl methyl sites for hydroxylation is 2. The first-order chi connectivity index (χ1) is 19.8. The van der Waals surface area contributed by atoms with Crippen LogP contribution in [0.1, 0.15) is 62.6 Å². The minimum Gasteiger partial charge on any atom is -0.438 e. The summed E-state index contributed by atoms with van der Waals surface area (Å²) in [7, 11) is 1.79. The molecule has 1 aliphatic rings. The van der Waals surface area contributed by atoms with Crippen LogP contribution >= 0.6 is 0 Å². The highest BCUT2D eigenvalue weighted by Gasteiger charge is 2.26. The average Bonchev–Trinajstić information content (AvgIpc) is 3.33. The van der Waals surface area contributed by atoms with Crippen LogP contribution in [0.15, 0.2) is 66.9 Å². The van der Waals surface area contributed by atoms with Gasteiger partial charge in [0.1, 0.15) is 29.1 Å². The number of carbonyl (C=O) groups is 3. The van der Waals surface area contributed by atoms with Gasteiger partial charge >= 0.3 is 0 Å². The predicted octanol–water partition coefficient (Wildman–Crippen LogP) is 5.01. The molecule has 0 aliphatic heterocycles. The Labute approximate surface area is 236 Å². The number of ether oxygens (including phenoxy) is 1. The fourth-order valence-corrected chi connectivity index (χ4v) is 4.89. The maximum atomic E-state index is 14.1. The SMILES string of the molecule is Cc1cc(C(=O)NC2CCC(NC(=O)c3cc(F)cnc3Oc3cccc(-c4cccc(C=O)c4)c3)CC2)nn1C. The third-order valence-corrected chi connectivity index (χ3v) is 7.21. The molecule has 0 saturated heterocycles. The normalized spacial score (nSPS) is 16.6. The summed E-state index contributed by atoms with van der Waals surface area (Å²) in [4.78, 5) is 41.0. The second-order valence-electron chi connectivity index (χ2n) is 10.2. The smallest absolute Gasteiger partial charge is 0.272 e. The Morgan fingerprint density at radius 2 is 1.61 bits per heavy atom. The van der Waals surface area contributed by atoms with Crippen LogP contribution in [0.4, 0.5) is 4.39 Å². The summed E-state index contributed by atoms with van der Waals surface area (Å²) in [6, 6.07) is 17.0. The van der Waals surface area contributed by atoms with Crippen molar-refractivity contribution in [3.05, 3.63) is 95.2 Å². The van der Waals surface area contributed by atoms with Crippen LogP contribution in [0, 0.1) is 12.7 Å². The van der Waals surface area contributed by atoms with Crippen molar-refractivity contribution in [2.24, 2.45) is 7.05 Å². The number of benzene rings is 2. The molecular weight excluding hydrogens is 525 g/mol. The standard InChI is InChI=1S/C31H30FN5O4/c1-19-13-28(36-37(19)2)30(40)35-25-11-9-24(10-12-25)34-29(39)27-16-23(32)17-33-31(27)41-26-8-4-7-22(15-26)21-6-3-5-20(14-21)18-38/h3-8,13-18,24-25H,9-12H2,1-2H3,(H,34,39)(H,35,40). The molecule has 5 rings (SSSR count). The fourth-order valence-electron chi connectivity index (χ4n) is 4.89. The van der Waals surface area contributed by atoms with Gasteiger partial charge in [-0.1, -0.05) is 30.3 Å². The quantitative estimate of drug-likeness (QED) is 0.296. The van der Waals surface area contributed by atoms with E-state index >= 15 is 0 Å². The average molecular weight is 556 g/mol. The van der Waals surface area contributed by atoms with Crippen LogP contribution in [0.5, 0.6) is 11.6 Å². The highest BCUT2D eigenvalue weighted by Crippen LogP contribution is 2.29. The number of aldehydes is 1. The van der Waals surface area contributed by atoms with Crippen molar-refractivity contribution in [2.75, 3.05) is 0 Å². The lowest BCUT2D eigenvalue weighted by molar-refractivity contribution is 0.0887. The van der Waals surface area contributed by atoms with Crippen molar-refractivity contribution in [1.29, 1.82) is 0 Å². The molecule has 0 spiro atoms. The molecule has 2 heterocycles. The van der Waals surface area contributed by atoms with Crippen molar-refractivity contribution in [2.45, 2.75) is 44.7 Å². The Balaban J connectivity index is 1.22. The molecule has 0 bridgehead atoms. The van der Waals surface area contributed by atoms with Crippen molar-refractivity contribution in [3.63, 3.8) is 0 Å². The molecule has 10 heteroatoms. The van der Waals surface area contributed by atoms with E-state index in [4.69, 9.17) is 4.74 Å². The van der Waals surface area contributed by atoms with E-state index in [0.29, 0.717) is 42.7 Å². The first-order valence-corrected chi connectivity index (χ1v) is 13.4. The molecule has 0 unspecified atom stereocenters. The van der Waals surface area contributed by atoms with Gasteiger partial charge in [-0.2, -0.15) is 5.10 Å². The molecule has 2 N–H and O–H groups in total. The highest BCUT2D eigenvalue weighted by molar-refractivity contribution is 5.96. The number of nitrogens with zero attached hydrogens (tertiary/aromatic N) is 3. The molecular formula is C31H30FN5O4. The van der Waals surface area contributed by atoms with Crippen molar-refractivity contribution in [3.8, 4) is 22.8 Å². The van der Waals surface area contributed by atoms with Gasteiger partial charge in [0.2, 0.25) is 5.88 Å². The van der Waals surface area contributed by atoms with E-state index in [1.807, 2.05) is 19.1 Å². The minimum absolute atomic E-state index is 0.0145. The molecule has 2 aromatic heterocycles. The van der Waals surface area contributed by atoms with Gasteiger partial charge in [0, 0.05) is 30.4 Å². The lowest BCUT2D eigenvalue weighted by Gasteiger charge is -2.29. The maximum Gasteiger partial charge on any atom is 0.272 e. The summed E-state index contributed by atoms with van der Waals surface area (Å²) in [5.41, 5.74) is 3.45. The highest BCUT2D eigenvalue weighted by atomic mass is 19.1. The zero-order valence-corrected chi connectivity index (χ0v) is 22.8. The number of rotatable bonds is 8. The van der Waals surface area contributed by atoms with E-state index in [0.717, 1.165) is 35.4 Å².